The van der Waals surface area contributed by atoms with Gasteiger partial charge in [-0.15, -0.1) is 0 Å². The lowest BCUT2D eigenvalue weighted by atomic mass is 10.1. The Morgan fingerprint density at radius 1 is 0.356 bits per heavy atom. The van der Waals surface area contributed by atoms with Crippen molar-refractivity contribution in [2.24, 2.45) is 0 Å². The predicted octanol–water partition coefficient (Wildman–Crippen LogP) is 9.77. The molecule has 0 aliphatic heterocycles. The summed E-state index contributed by atoms with van der Waals surface area (Å²) in [5, 5.41) is 7.14. The Balaban J connectivity index is 1.32. The van der Waals surface area contributed by atoms with Crippen LogP contribution >= 0.6 is 0 Å². The molecule has 10 rings (SSSR count). The third-order valence-electron chi connectivity index (χ3n) is 9.17. The second-order valence-electron chi connectivity index (χ2n) is 11.6. The molecule has 0 N–H and O–H groups in total. The van der Waals surface area contributed by atoms with Crippen LogP contribution in [0.25, 0.3) is 82.6 Å². The Kier molecular flexibility index (Phi) is 4.93. The summed E-state index contributed by atoms with van der Waals surface area (Å²) in [5.74, 6) is 0. The van der Waals surface area contributed by atoms with E-state index in [1.165, 1.54) is 43.6 Å². The van der Waals surface area contributed by atoms with E-state index in [9.17, 15) is 0 Å². The molecule has 5 heteroatoms. The van der Waals surface area contributed by atoms with Crippen molar-refractivity contribution < 1.29 is 0 Å². The van der Waals surface area contributed by atoms with Crippen LogP contribution in [0.1, 0.15) is 0 Å². The zero-order valence-corrected chi connectivity index (χ0v) is 24.2. The van der Waals surface area contributed by atoms with Crippen LogP contribution in [-0.2, 0) is 0 Å². The number of hydrogen-bond acceptors (Lipinski definition) is 2. The minimum Gasteiger partial charge on any atom is -0.309 e. The molecule has 210 valence electrons. The second-order valence-corrected chi connectivity index (χ2v) is 11.6. The molecule has 0 unspecified atom stereocenters. The fourth-order valence-corrected chi connectivity index (χ4v) is 7.28. The van der Waals surface area contributed by atoms with Crippen molar-refractivity contribution in [3.8, 4) is 17.1 Å². The van der Waals surface area contributed by atoms with Gasteiger partial charge < -0.3 is 9.13 Å². The molecule has 0 saturated heterocycles. The maximum atomic E-state index is 4.72. The Bertz CT molecular complexity index is 2750. The fourth-order valence-electron chi connectivity index (χ4n) is 7.28. The van der Waals surface area contributed by atoms with Gasteiger partial charge in [-0.3, -0.25) is 4.57 Å². The lowest BCUT2D eigenvalue weighted by molar-refractivity contribution is 1.11. The molecule has 0 radical (unpaired) electrons. The Morgan fingerprint density at radius 2 is 0.889 bits per heavy atom. The van der Waals surface area contributed by atoms with Crippen molar-refractivity contribution in [1.29, 1.82) is 0 Å². The lowest BCUT2D eigenvalue weighted by Crippen LogP contribution is -1.97. The summed E-state index contributed by atoms with van der Waals surface area (Å²) in [7, 11) is 0. The molecule has 4 heterocycles. The van der Waals surface area contributed by atoms with E-state index in [0.29, 0.717) is 0 Å². The predicted molar refractivity (Wildman–Crippen MR) is 185 cm³/mol. The molecule has 4 aromatic heterocycles. The first-order valence-corrected chi connectivity index (χ1v) is 15.2. The summed E-state index contributed by atoms with van der Waals surface area (Å²) < 4.78 is 7.02. The van der Waals surface area contributed by atoms with Crippen molar-refractivity contribution in [3.05, 3.63) is 152 Å². The van der Waals surface area contributed by atoms with Gasteiger partial charge in [-0.05, 0) is 66.7 Å². The van der Waals surface area contributed by atoms with Gasteiger partial charge in [0.05, 0.1) is 27.6 Å². The van der Waals surface area contributed by atoms with Gasteiger partial charge in [0.15, 0.2) is 0 Å². The summed E-state index contributed by atoms with van der Waals surface area (Å²) in [6.45, 7) is 0. The topological polar surface area (TPSA) is 40.6 Å². The summed E-state index contributed by atoms with van der Waals surface area (Å²) >= 11 is 0. The third-order valence-corrected chi connectivity index (χ3v) is 9.17. The zero-order chi connectivity index (χ0) is 29.5. The highest BCUT2D eigenvalue weighted by Gasteiger charge is 2.20. The van der Waals surface area contributed by atoms with E-state index in [-0.39, 0.29) is 0 Å². The third kappa shape index (κ3) is 3.38. The van der Waals surface area contributed by atoms with Gasteiger partial charge in [-0.2, -0.15) is 0 Å². The molecule has 0 fully saturated rings. The summed E-state index contributed by atoms with van der Waals surface area (Å²) in [4.78, 5) is 9.14. The van der Waals surface area contributed by atoms with E-state index in [2.05, 4.69) is 152 Å². The van der Waals surface area contributed by atoms with Gasteiger partial charge in [0.25, 0.3) is 0 Å². The first-order chi connectivity index (χ1) is 22.3. The molecular formula is C40H25N5. The molecule has 6 aromatic carbocycles. The van der Waals surface area contributed by atoms with Crippen LogP contribution in [0.15, 0.2) is 152 Å². The number of rotatable bonds is 3. The van der Waals surface area contributed by atoms with Gasteiger partial charge >= 0.3 is 0 Å². The largest absolute Gasteiger partial charge is 0.309 e. The second kappa shape index (κ2) is 9.15. The van der Waals surface area contributed by atoms with Crippen molar-refractivity contribution in [2.75, 3.05) is 0 Å². The van der Waals surface area contributed by atoms with E-state index in [1.807, 2.05) is 12.3 Å². The maximum Gasteiger partial charge on any atom is 0.148 e. The first-order valence-electron chi connectivity index (χ1n) is 15.2. The van der Waals surface area contributed by atoms with E-state index >= 15 is 0 Å². The Labute approximate surface area is 257 Å². The Morgan fingerprint density at radius 3 is 1.56 bits per heavy atom. The summed E-state index contributed by atoms with van der Waals surface area (Å²) in [6.07, 6.45) is 3.56. The van der Waals surface area contributed by atoms with Gasteiger partial charge in [-0.25, -0.2) is 9.97 Å². The monoisotopic (exact) mass is 575 g/mol. The molecule has 0 saturated carbocycles. The Hall–Kier alpha value is -6.20. The van der Waals surface area contributed by atoms with Gasteiger partial charge in [0.2, 0.25) is 0 Å². The smallest absolute Gasteiger partial charge is 0.148 e. The standard InChI is InChI=1S/C40H25N5/c1-3-11-26(12-4-1)43-35-17-9-7-15-29(35)32-22-33-30-16-8-10-18-36(30)44(39(33)23-38(32)43)28-19-20-37-31(21-28)34-24-41-25-42-40(34)45(37)27-13-5-2-6-14-27/h1-25H. The van der Waals surface area contributed by atoms with E-state index in [1.54, 1.807) is 6.33 Å². The fraction of sp³-hybridized carbons (Fsp3) is 0. The van der Waals surface area contributed by atoms with Crippen molar-refractivity contribution >= 4 is 65.5 Å². The zero-order valence-electron chi connectivity index (χ0n) is 24.2. The molecule has 0 aliphatic rings. The van der Waals surface area contributed by atoms with Crippen LogP contribution in [0, 0.1) is 0 Å². The highest BCUT2D eigenvalue weighted by molar-refractivity contribution is 6.19. The average Bonchev–Trinajstić information content (AvgIpc) is 3.73. The van der Waals surface area contributed by atoms with Gasteiger partial charge in [0.1, 0.15) is 12.0 Å². The molecule has 0 atom stereocenters. The normalized spacial score (nSPS) is 12.0. The van der Waals surface area contributed by atoms with Crippen LogP contribution in [0.2, 0.25) is 0 Å². The quantitative estimate of drug-likeness (QED) is 0.210. The van der Waals surface area contributed by atoms with E-state index in [4.69, 9.17) is 4.98 Å². The summed E-state index contributed by atoms with van der Waals surface area (Å²) in [5.41, 5.74) is 10.1. The highest BCUT2D eigenvalue weighted by atomic mass is 15.1. The molecular weight excluding hydrogens is 550 g/mol. The van der Waals surface area contributed by atoms with E-state index in [0.717, 1.165) is 39.0 Å². The van der Waals surface area contributed by atoms with Crippen LogP contribution < -0.4 is 0 Å². The minimum atomic E-state index is 0.902. The molecule has 0 spiro atoms. The lowest BCUT2D eigenvalue weighted by Gasteiger charge is -2.11. The van der Waals surface area contributed by atoms with Crippen molar-refractivity contribution in [2.45, 2.75) is 0 Å². The number of aromatic nitrogens is 5. The van der Waals surface area contributed by atoms with Crippen LogP contribution in [0.3, 0.4) is 0 Å². The molecule has 5 nitrogen and oxygen atoms in total. The van der Waals surface area contributed by atoms with Crippen molar-refractivity contribution in [3.63, 3.8) is 0 Å². The number of fused-ring (bicyclic) bond motifs is 9. The average molecular weight is 576 g/mol. The number of hydrogen-bond donors (Lipinski definition) is 0. The van der Waals surface area contributed by atoms with Crippen LogP contribution in [-0.4, -0.2) is 23.7 Å². The molecule has 0 aliphatic carbocycles. The number of nitrogens with zero attached hydrogens (tertiary/aromatic N) is 5. The number of benzene rings is 6. The summed E-state index contributed by atoms with van der Waals surface area (Å²) in [6, 6.07) is 50.0. The highest BCUT2D eigenvalue weighted by Crippen LogP contribution is 2.40. The van der Waals surface area contributed by atoms with Gasteiger partial charge in [-0.1, -0.05) is 72.8 Å². The van der Waals surface area contributed by atoms with E-state index < -0.39 is 0 Å². The molecule has 0 amide bonds. The van der Waals surface area contributed by atoms with Crippen LogP contribution in [0.5, 0.6) is 0 Å². The minimum absolute atomic E-state index is 0.902. The SMILES string of the molecule is c1ccc(-n2c3ccccc3c3cc4c5ccccc5n(-c5ccc6c(c5)c5cncnc5n6-c5ccccc5)c4cc32)cc1. The number of para-hydroxylation sites is 4. The van der Waals surface area contributed by atoms with Gasteiger partial charge in [0, 0.05) is 55.6 Å². The molecule has 45 heavy (non-hydrogen) atoms. The van der Waals surface area contributed by atoms with Crippen LogP contribution in [0.4, 0.5) is 0 Å². The van der Waals surface area contributed by atoms with Crippen molar-refractivity contribution in [1.82, 2.24) is 23.7 Å². The molecule has 10 aromatic rings. The molecule has 0 bridgehead atoms. The maximum absolute atomic E-state index is 4.72. The first kappa shape index (κ1) is 24.3.